The van der Waals surface area contributed by atoms with E-state index in [9.17, 15) is 0 Å². The third-order valence-corrected chi connectivity index (χ3v) is 9.76. The minimum atomic E-state index is -1.93. The van der Waals surface area contributed by atoms with Crippen molar-refractivity contribution in [1.82, 2.24) is 0 Å². The van der Waals surface area contributed by atoms with Gasteiger partial charge in [0, 0.05) is 0 Å². The van der Waals surface area contributed by atoms with E-state index in [1.54, 1.807) is 0 Å². The van der Waals surface area contributed by atoms with Crippen LogP contribution in [0, 0.1) is 0 Å². The Balaban J connectivity index is 2.34. The summed E-state index contributed by atoms with van der Waals surface area (Å²) < 4.78 is 3.77. The molecule has 1 rings (SSSR count). The predicted molar refractivity (Wildman–Crippen MR) is 67.8 cm³/mol. The van der Waals surface area contributed by atoms with E-state index in [2.05, 4.69) is 23.9 Å². The molecule has 0 radical (unpaired) electrons. The number of hydrogen-bond donors (Lipinski definition) is 2. The summed E-state index contributed by atoms with van der Waals surface area (Å²) in [5, 5.41) is 0. The molecule has 1 aliphatic carbocycles. The van der Waals surface area contributed by atoms with Crippen LogP contribution < -0.4 is 0 Å². The molecule has 0 N–H and O–H groups in total. The molecule has 1 unspecified atom stereocenters. The molecular weight excluding hydrogens is 247 g/mol. The van der Waals surface area contributed by atoms with Crippen molar-refractivity contribution < 1.29 is 4.52 Å². The van der Waals surface area contributed by atoms with Crippen LogP contribution in [0.4, 0.5) is 0 Å². The summed E-state index contributed by atoms with van der Waals surface area (Å²) >= 11 is 13.5. The Morgan fingerprint density at radius 1 is 1.33 bits per heavy atom. The van der Waals surface area contributed by atoms with Gasteiger partial charge in [0.05, 0.1) is 6.10 Å². The van der Waals surface area contributed by atoms with Crippen molar-refractivity contribution in [2.24, 2.45) is 0 Å². The molecule has 1 atom stereocenters. The van der Waals surface area contributed by atoms with Gasteiger partial charge >= 0.3 is 0 Å². The number of hydrogen-bond acceptors (Lipinski definition) is 4. The minimum absolute atomic E-state index is 0.349. The third kappa shape index (κ3) is 4.25. The van der Waals surface area contributed by atoms with Crippen molar-refractivity contribution in [1.29, 1.82) is 0 Å². The average Bonchev–Trinajstić information content (AvgIpc) is 2.06. The van der Waals surface area contributed by atoms with Crippen LogP contribution in [0.5, 0.6) is 0 Å². The van der Waals surface area contributed by atoms with Gasteiger partial charge in [-0.1, -0.05) is 19.3 Å². The monoisotopic (exact) mass is 260 g/mol. The molecule has 72 valence electrons. The van der Waals surface area contributed by atoms with Crippen LogP contribution in [0.3, 0.4) is 0 Å². The van der Waals surface area contributed by atoms with Crippen molar-refractivity contribution in [3.05, 3.63) is 0 Å². The van der Waals surface area contributed by atoms with Gasteiger partial charge in [-0.3, -0.25) is 0 Å². The second-order valence-electron chi connectivity index (χ2n) is 2.92. The molecule has 12 heavy (non-hydrogen) atoms. The second-order valence-corrected chi connectivity index (χ2v) is 13.3. The molecule has 0 heterocycles. The first-order valence-corrected chi connectivity index (χ1v) is 10.3. The third-order valence-electron chi connectivity index (χ3n) is 1.94. The lowest BCUT2D eigenvalue weighted by atomic mass is 9.98. The molecule has 0 bridgehead atoms. The molecular formula is C6H13OPS4. The minimum Gasteiger partial charge on any atom is -0.330 e. The zero-order valence-electron chi connectivity index (χ0n) is 6.68. The van der Waals surface area contributed by atoms with Crippen molar-refractivity contribution in [3.8, 4) is 0 Å². The highest BCUT2D eigenvalue weighted by molar-refractivity contribution is 9.12. The van der Waals surface area contributed by atoms with Crippen molar-refractivity contribution in [2.45, 2.75) is 38.2 Å². The van der Waals surface area contributed by atoms with E-state index < -0.39 is 4.67 Å². The Morgan fingerprint density at radius 3 is 2.42 bits per heavy atom. The molecule has 1 fully saturated rings. The van der Waals surface area contributed by atoms with Crippen LogP contribution in [-0.2, 0) is 16.3 Å². The molecule has 1 saturated carbocycles. The molecule has 1 aliphatic rings. The summed E-state index contributed by atoms with van der Waals surface area (Å²) in [7, 11) is 1.28. The molecule has 1 nitrogen and oxygen atoms in total. The van der Waals surface area contributed by atoms with Gasteiger partial charge < -0.3 is 4.52 Å². The first-order chi connectivity index (χ1) is 5.64. The quantitative estimate of drug-likeness (QED) is 0.450. The van der Waals surface area contributed by atoms with Crippen LogP contribution in [0.1, 0.15) is 32.1 Å². The van der Waals surface area contributed by atoms with E-state index in [4.69, 9.17) is 16.3 Å². The summed E-state index contributed by atoms with van der Waals surface area (Å²) in [5.74, 6) is 0. The summed E-state index contributed by atoms with van der Waals surface area (Å²) in [6.45, 7) is 0. The Labute approximate surface area is 93.2 Å². The Bertz CT molecular complexity index is 180. The number of thiol groups is 2. The lowest BCUT2D eigenvalue weighted by Crippen LogP contribution is -2.13. The molecule has 0 saturated heterocycles. The van der Waals surface area contributed by atoms with Gasteiger partial charge in [-0.25, -0.2) is 0 Å². The van der Waals surface area contributed by atoms with Crippen LogP contribution in [0.25, 0.3) is 0 Å². The fourth-order valence-electron chi connectivity index (χ4n) is 1.38. The highest BCUT2D eigenvalue weighted by atomic mass is 33.5. The van der Waals surface area contributed by atoms with E-state index >= 15 is 0 Å². The fraction of sp³-hybridized carbons (Fsp3) is 1.00. The normalized spacial score (nSPS) is 25.2. The lowest BCUT2D eigenvalue weighted by molar-refractivity contribution is 0.180. The zero-order valence-corrected chi connectivity index (χ0v) is 11.0. The van der Waals surface area contributed by atoms with E-state index in [1.165, 1.54) is 29.7 Å². The summed E-state index contributed by atoms with van der Waals surface area (Å²) in [4.78, 5) is 0. The van der Waals surface area contributed by atoms with Crippen LogP contribution in [-0.4, -0.2) is 6.10 Å². The maximum absolute atomic E-state index is 5.70. The molecule has 0 aromatic carbocycles. The van der Waals surface area contributed by atoms with Crippen molar-refractivity contribution >= 4 is 50.8 Å². The number of rotatable bonds is 3. The molecule has 0 spiro atoms. The van der Waals surface area contributed by atoms with Crippen LogP contribution >= 0.6 is 39.0 Å². The average molecular weight is 260 g/mol. The summed E-state index contributed by atoms with van der Waals surface area (Å²) in [5.41, 5.74) is 0. The topological polar surface area (TPSA) is 9.23 Å². The highest BCUT2D eigenvalue weighted by Gasteiger charge is 2.20. The van der Waals surface area contributed by atoms with Crippen LogP contribution in [0.15, 0.2) is 0 Å². The standard InChI is InChI=1S/C6H13OPS4/c9-8(10,12-11)7-6-4-2-1-3-5-6/h6,11H,1-5H2,(H,9,10). The largest absolute Gasteiger partial charge is 0.330 e. The van der Waals surface area contributed by atoms with Crippen molar-refractivity contribution in [3.63, 3.8) is 0 Å². The molecule has 0 amide bonds. The fourth-order valence-corrected chi connectivity index (χ4v) is 3.60. The van der Waals surface area contributed by atoms with Crippen molar-refractivity contribution in [2.75, 3.05) is 0 Å². The zero-order chi connectivity index (χ0) is 9.03. The van der Waals surface area contributed by atoms with Gasteiger partial charge in [-0.05, 0) is 35.1 Å². The van der Waals surface area contributed by atoms with E-state index in [1.807, 2.05) is 0 Å². The predicted octanol–water partition coefficient (Wildman–Crippen LogP) is 4.07. The smallest absolute Gasteiger partial charge is 0.182 e. The molecule has 0 aromatic heterocycles. The van der Waals surface area contributed by atoms with Gasteiger partial charge in [0.2, 0.25) is 0 Å². The van der Waals surface area contributed by atoms with Gasteiger partial charge in [-0.2, -0.15) is 0 Å². The van der Waals surface area contributed by atoms with Gasteiger partial charge in [0.25, 0.3) is 0 Å². The van der Waals surface area contributed by atoms with Crippen LogP contribution in [0.2, 0.25) is 0 Å². The van der Waals surface area contributed by atoms with E-state index in [-0.39, 0.29) is 0 Å². The first kappa shape index (κ1) is 11.7. The van der Waals surface area contributed by atoms with Gasteiger partial charge in [0.15, 0.2) is 4.67 Å². The molecule has 6 heteroatoms. The maximum atomic E-state index is 5.70. The van der Waals surface area contributed by atoms with E-state index in [0.717, 1.165) is 12.8 Å². The summed E-state index contributed by atoms with van der Waals surface area (Å²) in [6.07, 6.45) is 6.52. The second kappa shape index (κ2) is 5.52. The van der Waals surface area contributed by atoms with E-state index in [0.29, 0.717) is 6.10 Å². The SMILES string of the molecule is S=P(S)(OC1CCCCC1)SS. The Hall–Kier alpha value is 1.66. The Kier molecular flexibility index (Phi) is 5.40. The summed E-state index contributed by atoms with van der Waals surface area (Å²) in [6, 6.07) is 0. The van der Waals surface area contributed by atoms with Gasteiger partial charge in [-0.15, -0.1) is 23.9 Å². The Morgan fingerprint density at radius 2 is 1.92 bits per heavy atom. The van der Waals surface area contributed by atoms with Gasteiger partial charge in [0.1, 0.15) is 0 Å². The maximum Gasteiger partial charge on any atom is 0.182 e. The lowest BCUT2D eigenvalue weighted by Gasteiger charge is -2.25. The molecule has 0 aromatic rings. The first-order valence-electron chi connectivity index (χ1n) is 3.98. The molecule has 0 aliphatic heterocycles. The highest BCUT2D eigenvalue weighted by Crippen LogP contribution is 2.67.